The number of urea groups is 1. The topological polar surface area (TPSA) is 50.8 Å². The lowest BCUT2D eigenvalue weighted by Crippen LogP contribution is -2.47. The van der Waals surface area contributed by atoms with Gasteiger partial charge in [-0.15, -0.1) is 0 Å². The molecule has 138 valence electrons. The Kier molecular flexibility index (Phi) is 6.26. The summed E-state index contributed by atoms with van der Waals surface area (Å²) in [6.45, 7) is 4.49. The van der Waals surface area contributed by atoms with Gasteiger partial charge in [0.05, 0.1) is 12.7 Å². The maximum Gasteiger partial charge on any atom is 0.322 e. The predicted molar refractivity (Wildman–Crippen MR) is 103 cm³/mol. The number of amides is 2. The number of rotatable bonds is 5. The van der Waals surface area contributed by atoms with Crippen LogP contribution in [0.4, 0.5) is 10.5 Å². The number of methoxy groups -OCH3 is 1. The van der Waals surface area contributed by atoms with Gasteiger partial charge in [-0.05, 0) is 36.6 Å². The molecule has 0 aromatic heterocycles. The highest BCUT2D eigenvalue weighted by molar-refractivity contribution is 5.89. The van der Waals surface area contributed by atoms with Gasteiger partial charge in [0.2, 0.25) is 0 Å². The molecule has 1 heterocycles. The minimum atomic E-state index is -0.0842. The number of hydrogen-bond acceptors (Lipinski definition) is 3. The molecule has 1 aliphatic rings. The molecule has 0 unspecified atom stereocenters. The Morgan fingerprint density at radius 1 is 1.23 bits per heavy atom. The number of carbonyl (C=O) groups is 1. The van der Waals surface area contributed by atoms with Gasteiger partial charge in [0.25, 0.3) is 0 Å². The lowest BCUT2D eigenvalue weighted by Gasteiger charge is -2.32. The molecular formula is C21H26N2O3. The summed E-state index contributed by atoms with van der Waals surface area (Å²) < 4.78 is 10.8. The Balaban J connectivity index is 1.59. The standard InChI is InChI=1S/C21H26N2O3/c1-16-4-3-5-18(14-16)17-6-8-19(9-7-17)22-21(24)23-11-13-26-20(15-23)10-12-25-2/h3-9,14,20H,10-13,15H2,1-2H3,(H,22,24)/t20-/m0/s1. The summed E-state index contributed by atoms with van der Waals surface area (Å²) in [6, 6.07) is 16.3. The molecule has 2 amide bonds. The third-order valence-corrected chi connectivity index (χ3v) is 4.56. The molecule has 3 rings (SSSR count). The number of carbonyl (C=O) groups excluding carboxylic acids is 1. The van der Waals surface area contributed by atoms with Gasteiger partial charge in [0, 0.05) is 32.5 Å². The van der Waals surface area contributed by atoms with Crippen LogP contribution in [0, 0.1) is 6.92 Å². The first-order valence-corrected chi connectivity index (χ1v) is 8.99. The number of nitrogens with zero attached hydrogens (tertiary/aromatic N) is 1. The summed E-state index contributed by atoms with van der Waals surface area (Å²) in [5.74, 6) is 0. The van der Waals surface area contributed by atoms with Crippen molar-refractivity contribution in [2.75, 3.05) is 38.7 Å². The summed E-state index contributed by atoms with van der Waals surface area (Å²) in [7, 11) is 1.67. The van der Waals surface area contributed by atoms with Crippen LogP contribution in [0.1, 0.15) is 12.0 Å². The molecule has 0 bridgehead atoms. The zero-order valence-corrected chi connectivity index (χ0v) is 15.4. The summed E-state index contributed by atoms with van der Waals surface area (Å²) in [6.07, 6.45) is 0.837. The van der Waals surface area contributed by atoms with Crippen molar-refractivity contribution in [3.8, 4) is 11.1 Å². The summed E-state index contributed by atoms with van der Waals surface area (Å²) in [4.78, 5) is 14.3. The SMILES string of the molecule is COCC[C@H]1CN(C(=O)Nc2ccc(-c3cccc(C)c3)cc2)CCO1. The van der Waals surface area contributed by atoms with Crippen LogP contribution < -0.4 is 5.32 Å². The molecule has 1 fully saturated rings. The van der Waals surface area contributed by atoms with Crippen LogP contribution in [0.25, 0.3) is 11.1 Å². The van der Waals surface area contributed by atoms with Gasteiger partial charge in [-0.25, -0.2) is 4.79 Å². The van der Waals surface area contributed by atoms with Crippen LogP contribution in [-0.2, 0) is 9.47 Å². The van der Waals surface area contributed by atoms with Crippen molar-refractivity contribution in [3.63, 3.8) is 0 Å². The summed E-state index contributed by atoms with van der Waals surface area (Å²) >= 11 is 0. The zero-order valence-electron chi connectivity index (χ0n) is 15.4. The minimum absolute atomic E-state index is 0.0400. The smallest absolute Gasteiger partial charge is 0.322 e. The normalized spacial score (nSPS) is 17.2. The minimum Gasteiger partial charge on any atom is -0.385 e. The molecule has 2 aromatic rings. The fraction of sp³-hybridized carbons (Fsp3) is 0.381. The first kappa shape index (κ1) is 18.4. The number of aryl methyl sites for hydroxylation is 1. The van der Waals surface area contributed by atoms with Crippen molar-refractivity contribution in [1.82, 2.24) is 4.90 Å². The van der Waals surface area contributed by atoms with E-state index in [4.69, 9.17) is 9.47 Å². The van der Waals surface area contributed by atoms with Crippen LogP contribution in [0.3, 0.4) is 0 Å². The number of hydrogen-bond donors (Lipinski definition) is 1. The molecule has 1 atom stereocenters. The number of anilines is 1. The Morgan fingerprint density at radius 2 is 2.04 bits per heavy atom. The molecule has 1 saturated heterocycles. The number of benzene rings is 2. The maximum absolute atomic E-state index is 12.5. The molecule has 5 heteroatoms. The Labute approximate surface area is 154 Å². The van der Waals surface area contributed by atoms with Crippen molar-refractivity contribution in [2.24, 2.45) is 0 Å². The Hall–Kier alpha value is -2.37. The summed E-state index contributed by atoms with van der Waals surface area (Å²) in [5, 5.41) is 2.98. The first-order valence-electron chi connectivity index (χ1n) is 8.99. The second kappa shape index (κ2) is 8.83. The lowest BCUT2D eigenvalue weighted by molar-refractivity contribution is -0.0260. The highest BCUT2D eigenvalue weighted by atomic mass is 16.5. The second-order valence-electron chi connectivity index (χ2n) is 6.60. The molecule has 5 nitrogen and oxygen atoms in total. The fourth-order valence-electron chi connectivity index (χ4n) is 3.10. The zero-order chi connectivity index (χ0) is 18.4. The highest BCUT2D eigenvalue weighted by Crippen LogP contribution is 2.22. The van der Waals surface area contributed by atoms with Gasteiger partial charge >= 0.3 is 6.03 Å². The van der Waals surface area contributed by atoms with Crippen molar-refractivity contribution < 1.29 is 14.3 Å². The third-order valence-electron chi connectivity index (χ3n) is 4.56. The molecular weight excluding hydrogens is 328 g/mol. The quantitative estimate of drug-likeness (QED) is 0.885. The van der Waals surface area contributed by atoms with E-state index >= 15 is 0 Å². The highest BCUT2D eigenvalue weighted by Gasteiger charge is 2.24. The van der Waals surface area contributed by atoms with Crippen molar-refractivity contribution in [3.05, 3.63) is 54.1 Å². The van der Waals surface area contributed by atoms with Crippen molar-refractivity contribution in [1.29, 1.82) is 0 Å². The van der Waals surface area contributed by atoms with Gasteiger partial charge in [-0.2, -0.15) is 0 Å². The van der Waals surface area contributed by atoms with Crippen LogP contribution in [0.5, 0.6) is 0 Å². The molecule has 0 radical (unpaired) electrons. The molecule has 1 N–H and O–H groups in total. The molecule has 0 saturated carbocycles. The van der Waals surface area contributed by atoms with Crippen molar-refractivity contribution in [2.45, 2.75) is 19.4 Å². The van der Waals surface area contributed by atoms with Crippen LogP contribution >= 0.6 is 0 Å². The van der Waals surface area contributed by atoms with Crippen LogP contribution in [0.2, 0.25) is 0 Å². The average Bonchev–Trinajstić information content (AvgIpc) is 2.67. The summed E-state index contributed by atoms with van der Waals surface area (Å²) in [5.41, 5.74) is 4.34. The fourth-order valence-corrected chi connectivity index (χ4v) is 3.10. The van der Waals surface area contributed by atoms with E-state index in [-0.39, 0.29) is 12.1 Å². The molecule has 1 aliphatic heterocycles. The molecule has 0 aliphatic carbocycles. The van der Waals surface area contributed by atoms with Gasteiger partial charge in [-0.1, -0.05) is 42.0 Å². The van der Waals surface area contributed by atoms with Gasteiger partial charge < -0.3 is 19.7 Å². The predicted octanol–water partition coefficient (Wildman–Crippen LogP) is 3.93. The number of morpholine rings is 1. The molecule has 0 spiro atoms. The Bertz CT molecular complexity index is 730. The van der Waals surface area contributed by atoms with E-state index in [1.54, 1.807) is 12.0 Å². The number of ether oxygens (including phenoxy) is 2. The van der Waals surface area contributed by atoms with Crippen LogP contribution in [0.15, 0.2) is 48.5 Å². The van der Waals surface area contributed by atoms with Crippen molar-refractivity contribution >= 4 is 11.7 Å². The lowest BCUT2D eigenvalue weighted by atomic mass is 10.0. The van der Waals surface area contributed by atoms with Gasteiger partial charge in [-0.3, -0.25) is 0 Å². The Morgan fingerprint density at radius 3 is 2.77 bits per heavy atom. The van der Waals surface area contributed by atoms with Crippen LogP contribution in [-0.4, -0.2) is 50.4 Å². The van der Waals surface area contributed by atoms with E-state index < -0.39 is 0 Å². The largest absolute Gasteiger partial charge is 0.385 e. The van der Waals surface area contributed by atoms with E-state index in [9.17, 15) is 4.79 Å². The first-order chi connectivity index (χ1) is 12.7. The van der Waals surface area contributed by atoms with E-state index in [0.717, 1.165) is 17.7 Å². The molecule has 26 heavy (non-hydrogen) atoms. The van der Waals surface area contributed by atoms with E-state index in [1.807, 2.05) is 24.3 Å². The van der Waals surface area contributed by atoms with Gasteiger partial charge in [0.1, 0.15) is 0 Å². The van der Waals surface area contributed by atoms with E-state index in [1.165, 1.54) is 11.1 Å². The average molecular weight is 354 g/mol. The maximum atomic E-state index is 12.5. The van der Waals surface area contributed by atoms with Gasteiger partial charge in [0.15, 0.2) is 0 Å². The monoisotopic (exact) mass is 354 g/mol. The third kappa shape index (κ3) is 4.84. The van der Waals surface area contributed by atoms with E-state index in [0.29, 0.717) is 26.3 Å². The van der Waals surface area contributed by atoms with E-state index in [2.05, 4.69) is 36.5 Å². The number of nitrogens with one attached hydrogen (secondary N) is 1. The molecule has 2 aromatic carbocycles. The second-order valence-corrected chi connectivity index (χ2v) is 6.60.